The van der Waals surface area contributed by atoms with Gasteiger partial charge in [0.15, 0.2) is 11.6 Å². The Labute approximate surface area is 102 Å². The summed E-state index contributed by atoms with van der Waals surface area (Å²) in [6, 6.07) is 0. The highest BCUT2D eigenvalue weighted by Gasteiger charge is 2.05. The van der Waals surface area contributed by atoms with Gasteiger partial charge in [0, 0.05) is 13.1 Å². The molecule has 0 radical (unpaired) electrons. The van der Waals surface area contributed by atoms with Crippen LogP contribution in [0.1, 0.15) is 33.6 Å². The fourth-order valence-corrected chi connectivity index (χ4v) is 1.45. The van der Waals surface area contributed by atoms with E-state index in [2.05, 4.69) is 34.4 Å². The SMILES string of the molecule is CCNc1ncc(F)c(NCCCC(C)C)n1. The molecule has 1 aromatic rings. The van der Waals surface area contributed by atoms with Crippen molar-refractivity contribution >= 4 is 11.8 Å². The van der Waals surface area contributed by atoms with Crippen LogP contribution in [0.5, 0.6) is 0 Å². The summed E-state index contributed by atoms with van der Waals surface area (Å²) in [5.41, 5.74) is 0. The molecule has 96 valence electrons. The molecule has 0 aliphatic rings. The summed E-state index contributed by atoms with van der Waals surface area (Å²) < 4.78 is 13.4. The molecule has 0 bridgehead atoms. The van der Waals surface area contributed by atoms with Crippen molar-refractivity contribution in [1.29, 1.82) is 0 Å². The minimum absolute atomic E-state index is 0.278. The summed E-state index contributed by atoms with van der Waals surface area (Å²) in [6.45, 7) is 7.75. The summed E-state index contributed by atoms with van der Waals surface area (Å²) in [6.07, 6.45) is 3.33. The summed E-state index contributed by atoms with van der Waals surface area (Å²) >= 11 is 0. The molecule has 0 atom stereocenters. The third-order valence-electron chi connectivity index (χ3n) is 2.33. The lowest BCUT2D eigenvalue weighted by molar-refractivity contribution is 0.564. The second kappa shape index (κ2) is 7.04. The number of nitrogens with one attached hydrogen (secondary N) is 2. The van der Waals surface area contributed by atoms with Crippen molar-refractivity contribution in [2.45, 2.75) is 33.6 Å². The van der Waals surface area contributed by atoms with E-state index in [1.165, 1.54) is 6.20 Å². The van der Waals surface area contributed by atoms with Crippen LogP contribution in [0.3, 0.4) is 0 Å². The number of hydrogen-bond donors (Lipinski definition) is 2. The predicted molar refractivity (Wildman–Crippen MR) is 68.7 cm³/mol. The first-order valence-electron chi connectivity index (χ1n) is 6.13. The second-order valence-electron chi connectivity index (χ2n) is 4.38. The molecule has 0 aromatic carbocycles. The van der Waals surface area contributed by atoms with Gasteiger partial charge < -0.3 is 10.6 Å². The molecule has 1 aromatic heterocycles. The average Bonchev–Trinajstić information content (AvgIpc) is 2.28. The largest absolute Gasteiger partial charge is 0.367 e. The highest BCUT2D eigenvalue weighted by atomic mass is 19.1. The fraction of sp³-hybridized carbons (Fsp3) is 0.667. The highest BCUT2D eigenvalue weighted by Crippen LogP contribution is 2.12. The van der Waals surface area contributed by atoms with Crippen LogP contribution in [0, 0.1) is 11.7 Å². The van der Waals surface area contributed by atoms with Crippen molar-refractivity contribution in [3.63, 3.8) is 0 Å². The van der Waals surface area contributed by atoms with E-state index in [1.54, 1.807) is 0 Å². The zero-order valence-corrected chi connectivity index (χ0v) is 10.8. The van der Waals surface area contributed by atoms with E-state index in [9.17, 15) is 4.39 Å². The normalized spacial score (nSPS) is 10.6. The minimum atomic E-state index is -0.406. The zero-order chi connectivity index (χ0) is 12.7. The molecule has 1 rings (SSSR count). The number of nitrogens with zero attached hydrogens (tertiary/aromatic N) is 2. The predicted octanol–water partition coefficient (Wildman–Crippen LogP) is 2.90. The molecule has 17 heavy (non-hydrogen) atoms. The van der Waals surface area contributed by atoms with Gasteiger partial charge in [-0.1, -0.05) is 13.8 Å². The third-order valence-corrected chi connectivity index (χ3v) is 2.33. The molecular weight excluding hydrogens is 219 g/mol. The topological polar surface area (TPSA) is 49.8 Å². The number of hydrogen-bond acceptors (Lipinski definition) is 4. The first-order chi connectivity index (χ1) is 8.13. The van der Waals surface area contributed by atoms with Gasteiger partial charge >= 0.3 is 0 Å². The maximum absolute atomic E-state index is 13.4. The smallest absolute Gasteiger partial charge is 0.224 e. The summed E-state index contributed by atoms with van der Waals surface area (Å²) in [4.78, 5) is 7.92. The Balaban J connectivity index is 2.48. The van der Waals surface area contributed by atoms with Crippen LogP contribution in [-0.2, 0) is 0 Å². The van der Waals surface area contributed by atoms with Crippen molar-refractivity contribution in [3.8, 4) is 0 Å². The van der Waals surface area contributed by atoms with E-state index < -0.39 is 5.82 Å². The molecule has 0 aliphatic heterocycles. The summed E-state index contributed by atoms with van der Waals surface area (Å²) in [7, 11) is 0. The zero-order valence-electron chi connectivity index (χ0n) is 10.8. The van der Waals surface area contributed by atoms with Crippen LogP contribution >= 0.6 is 0 Å². The van der Waals surface area contributed by atoms with E-state index in [0.29, 0.717) is 11.9 Å². The van der Waals surface area contributed by atoms with Crippen LogP contribution in [0.15, 0.2) is 6.20 Å². The Kier molecular flexibility index (Phi) is 5.66. The van der Waals surface area contributed by atoms with Crippen LogP contribution in [0.4, 0.5) is 16.2 Å². The van der Waals surface area contributed by atoms with Gasteiger partial charge in [0.1, 0.15) is 0 Å². The molecule has 0 saturated carbocycles. The lowest BCUT2D eigenvalue weighted by Crippen LogP contribution is -2.10. The van der Waals surface area contributed by atoms with Gasteiger partial charge in [-0.25, -0.2) is 9.37 Å². The number of halogens is 1. The van der Waals surface area contributed by atoms with Gasteiger partial charge in [-0.15, -0.1) is 0 Å². The van der Waals surface area contributed by atoms with Crippen molar-refractivity contribution in [2.75, 3.05) is 23.7 Å². The number of rotatable bonds is 7. The standard InChI is InChI=1S/C12H21FN4/c1-4-14-12-16-8-10(13)11(17-12)15-7-5-6-9(2)3/h8-9H,4-7H2,1-3H3,(H2,14,15,16,17). The van der Waals surface area contributed by atoms with Crippen LogP contribution in [0.2, 0.25) is 0 Å². The fourth-order valence-electron chi connectivity index (χ4n) is 1.45. The Hall–Kier alpha value is -1.39. The highest BCUT2D eigenvalue weighted by molar-refractivity contribution is 5.40. The van der Waals surface area contributed by atoms with Crippen LogP contribution < -0.4 is 10.6 Å². The molecule has 0 fully saturated rings. The summed E-state index contributed by atoms with van der Waals surface area (Å²) in [5, 5.41) is 5.96. The lowest BCUT2D eigenvalue weighted by Gasteiger charge is -2.09. The van der Waals surface area contributed by atoms with E-state index in [0.717, 1.165) is 25.9 Å². The van der Waals surface area contributed by atoms with Gasteiger partial charge in [-0.3, -0.25) is 0 Å². The molecule has 1 heterocycles. The van der Waals surface area contributed by atoms with Crippen molar-refractivity contribution in [3.05, 3.63) is 12.0 Å². The Morgan fingerprint density at radius 3 is 2.76 bits per heavy atom. The van der Waals surface area contributed by atoms with Crippen LogP contribution in [0.25, 0.3) is 0 Å². The van der Waals surface area contributed by atoms with Gasteiger partial charge in [0.2, 0.25) is 5.95 Å². The molecule has 0 unspecified atom stereocenters. The van der Waals surface area contributed by atoms with Gasteiger partial charge in [0.05, 0.1) is 6.20 Å². The van der Waals surface area contributed by atoms with Crippen molar-refractivity contribution in [2.24, 2.45) is 5.92 Å². The first kappa shape index (κ1) is 13.7. The molecule has 0 spiro atoms. The van der Waals surface area contributed by atoms with Gasteiger partial charge in [-0.05, 0) is 25.7 Å². The molecule has 4 nitrogen and oxygen atoms in total. The molecule has 0 saturated heterocycles. The molecule has 0 aliphatic carbocycles. The van der Waals surface area contributed by atoms with Crippen molar-refractivity contribution < 1.29 is 4.39 Å². The van der Waals surface area contributed by atoms with Gasteiger partial charge in [0.25, 0.3) is 0 Å². The van der Waals surface area contributed by atoms with E-state index in [-0.39, 0.29) is 5.82 Å². The third kappa shape index (κ3) is 4.97. The Morgan fingerprint density at radius 1 is 1.35 bits per heavy atom. The maximum Gasteiger partial charge on any atom is 0.224 e. The van der Waals surface area contributed by atoms with Crippen molar-refractivity contribution in [1.82, 2.24) is 9.97 Å². The molecule has 2 N–H and O–H groups in total. The Bertz CT molecular complexity index is 341. The minimum Gasteiger partial charge on any atom is -0.367 e. The second-order valence-corrected chi connectivity index (χ2v) is 4.38. The summed E-state index contributed by atoms with van der Waals surface area (Å²) in [5.74, 6) is 1.00. The van der Waals surface area contributed by atoms with E-state index in [1.807, 2.05) is 6.92 Å². The average molecular weight is 240 g/mol. The van der Waals surface area contributed by atoms with Crippen LogP contribution in [-0.4, -0.2) is 23.1 Å². The van der Waals surface area contributed by atoms with E-state index in [4.69, 9.17) is 0 Å². The number of anilines is 2. The van der Waals surface area contributed by atoms with Gasteiger partial charge in [-0.2, -0.15) is 4.98 Å². The quantitative estimate of drug-likeness (QED) is 0.719. The molecular formula is C12H21FN4. The maximum atomic E-state index is 13.4. The van der Waals surface area contributed by atoms with E-state index >= 15 is 0 Å². The monoisotopic (exact) mass is 240 g/mol. The number of aromatic nitrogens is 2. The molecule has 0 amide bonds. The Morgan fingerprint density at radius 2 is 2.12 bits per heavy atom. The first-order valence-corrected chi connectivity index (χ1v) is 6.13. The lowest BCUT2D eigenvalue weighted by atomic mass is 10.1. The molecule has 5 heteroatoms.